The van der Waals surface area contributed by atoms with Gasteiger partial charge in [-0.1, -0.05) is 17.3 Å². The first-order valence-corrected chi connectivity index (χ1v) is 12.0. The Bertz CT molecular complexity index is 1200. The van der Waals surface area contributed by atoms with Crippen molar-refractivity contribution in [2.24, 2.45) is 4.40 Å². The molecule has 9 nitrogen and oxygen atoms in total. The van der Waals surface area contributed by atoms with Crippen LogP contribution >= 0.6 is 11.3 Å². The highest BCUT2D eigenvalue weighted by Crippen LogP contribution is 2.22. The maximum absolute atomic E-state index is 12.6. The van der Waals surface area contributed by atoms with Crippen molar-refractivity contribution in [2.75, 3.05) is 18.9 Å². The van der Waals surface area contributed by atoms with E-state index in [1.807, 2.05) is 29.5 Å². The lowest BCUT2D eigenvalue weighted by Gasteiger charge is -2.11. The number of rotatable bonds is 7. The van der Waals surface area contributed by atoms with E-state index < -0.39 is 10.0 Å². The third-order valence-corrected chi connectivity index (χ3v) is 6.92. The van der Waals surface area contributed by atoms with Crippen LogP contribution in [0.25, 0.3) is 10.7 Å². The number of hydrogen-bond donors (Lipinski definition) is 1. The van der Waals surface area contributed by atoms with Gasteiger partial charge < -0.3 is 14.7 Å². The van der Waals surface area contributed by atoms with Gasteiger partial charge in [0.1, 0.15) is 5.84 Å². The molecule has 0 bridgehead atoms. The molecular weight excluding hydrogens is 438 g/mol. The number of benzene rings is 1. The number of carbonyl (C=O) groups excluding carboxylic acids is 1. The van der Waals surface area contributed by atoms with E-state index in [1.54, 1.807) is 12.1 Å². The molecule has 1 amide bonds. The van der Waals surface area contributed by atoms with Gasteiger partial charge in [0, 0.05) is 38.5 Å². The van der Waals surface area contributed by atoms with Gasteiger partial charge in [0.15, 0.2) is 0 Å². The van der Waals surface area contributed by atoms with Crippen molar-refractivity contribution in [1.29, 1.82) is 0 Å². The van der Waals surface area contributed by atoms with E-state index in [1.165, 1.54) is 23.5 Å². The molecule has 0 atom stereocenters. The molecule has 0 spiro atoms. The first-order valence-electron chi connectivity index (χ1n) is 9.72. The van der Waals surface area contributed by atoms with E-state index in [2.05, 4.69) is 19.9 Å². The normalized spacial score (nSPS) is 15.5. The van der Waals surface area contributed by atoms with Crippen molar-refractivity contribution in [1.82, 2.24) is 15.0 Å². The van der Waals surface area contributed by atoms with E-state index in [0.29, 0.717) is 29.7 Å². The SMILES string of the molecule is CN1CCC/C1=N\S(=O)(=O)c1cccc(NC(=O)CCc2nc(-c3cccs3)no2)c1. The number of carbonyl (C=O) groups is 1. The molecule has 0 radical (unpaired) electrons. The quantitative estimate of drug-likeness (QED) is 0.576. The maximum Gasteiger partial charge on any atom is 0.284 e. The predicted octanol–water partition coefficient (Wildman–Crippen LogP) is 3.18. The van der Waals surface area contributed by atoms with Gasteiger partial charge in [-0.25, -0.2) is 0 Å². The molecule has 162 valence electrons. The third-order valence-electron chi connectivity index (χ3n) is 4.75. The fourth-order valence-electron chi connectivity index (χ4n) is 3.14. The second-order valence-corrected chi connectivity index (χ2v) is 9.62. The lowest BCUT2D eigenvalue weighted by molar-refractivity contribution is -0.116. The largest absolute Gasteiger partial charge is 0.362 e. The Morgan fingerprint density at radius 2 is 2.19 bits per heavy atom. The lowest BCUT2D eigenvalue weighted by atomic mass is 10.2. The Labute approximate surface area is 183 Å². The minimum Gasteiger partial charge on any atom is -0.362 e. The summed E-state index contributed by atoms with van der Waals surface area (Å²) in [6, 6.07) is 9.88. The number of amidine groups is 1. The molecule has 2 aromatic heterocycles. The Kier molecular flexibility index (Phi) is 6.14. The van der Waals surface area contributed by atoms with Crippen LogP contribution in [-0.2, 0) is 21.2 Å². The number of hydrogen-bond acceptors (Lipinski definition) is 7. The average molecular weight is 460 g/mol. The van der Waals surface area contributed by atoms with Crippen LogP contribution in [0.4, 0.5) is 5.69 Å². The fourth-order valence-corrected chi connectivity index (χ4v) is 4.93. The summed E-state index contributed by atoms with van der Waals surface area (Å²) in [4.78, 5) is 19.4. The number of likely N-dealkylation sites (tertiary alicyclic amines) is 1. The molecule has 1 aliphatic heterocycles. The first-order chi connectivity index (χ1) is 14.9. The topological polar surface area (TPSA) is 118 Å². The Morgan fingerprint density at radius 3 is 2.94 bits per heavy atom. The summed E-state index contributed by atoms with van der Waals surface area (Å²) in [5.41, 5.74) is 0.385. The molecule has 1 aliphatic rings. The number of amides is 1. The highest BCUT2D eigenvalue weighted by atomic mass is 32.2. The maximum atomic E-state index is 12.6. The molecule has 0 unspecified atom stereocenters. The van der Waals surface area contributed by atoms with Gasteiger partial charge in [-0.3, -0.25) is 4.79 Å². The molecular formula is C20H21N5O4S2. The van der Waals surface area contributed by atoms with Crippen LogP contribution in [0.15, 0.2) is 55.6 Å². The van der Waals surface area contributed by atoms with Crippen LogP contribution in [0.5, 0.6) is 0 Å². The van der Waals surface area contributed by atoms with Crippen LogP contribution < -0.4 is 5.32 Å². The number of nitrogens with one attached hydrogen (secondary N) is 1. The summed E-state index contributed by atoms with van der Waals surface area (Å²) in [7, 11) is -2.02. The van der Waals surface area contributed by atoms with Gasteiger partial charge in [-0.15, -0.1) is 15.7 Å². The van der Waals surface area contributed by atoms with Gasteiger partial charge in [-0.05, 0) is 36.1 Å². The molecule has 1 fully saturated rings. The smallest absolute Gasteiger partial charge is 0.284 e. The molecule has 3 heterocycles. The summed E-state index contributed by atoms with van der Waals surface area (Å²) in [5.74, 6) is 1.13. The van der Waals surface area contributed by atoms with Crippen LogP contribution in [0.1, 0.15) is 25.2 Å². The molecule has 11 heteroatoms. The highest BCUT2D eigenvalue weighted by molar-refractivity contribution is 7.90. The number of aryl methyl sites for hydroxylation is 1. The van der Waals surface area contributed by atoms with Gasteiger partial charge >= 0.3 is 0 Å². The van der Waals surface area contributed by atoms with Crippen LogP contribution in [0, 0.1) is 0 Å². The summed E-state index contributed by atoms with van der Waals surface area (Å²) < 4.78 is 34.4. The number of aromatic nitrogens is 2. The Hall–Kier alpha value is -3.05. The molecule has 0 aliphatic carbocycles. The van der Waals surface area contributed by atoms with E-state index >= 15 is 0 Å². The van der Waals surface area contributed by atoms with Crippen molar-refractivity contribution >= 4 is 38.8 Å². The number of thiophene rings is 1. The van der Waals surface area contributed by atoms with Crippen molar-refractivity contribution < 1.29 is 17.7 Å². The number of anilines is 1. The number of sulfonamides is 1. The standard InChI is InChI=1S/C20H21N5O4S2/c1-25-11-3-8-17(25)24-31(27,28)15-6-2-5-14(13-15)21-18(26)9-10-19-22-20(23-29-19)16-7-4-12-30-16/h2,4-7,12-13H,3,8-11H2,1H3,(H,21,26)/b24-17+. The van der Waals surface area contributed by atoms with E-state index in [4.69, 9.17) is 4.52 Å². The molecule has 31 heavy (non-hydrogen) atoms. The summed E-state index contributed by atoms with van der Waals surface area (Å²) >= 11 is 1.50. The molecule has 1 aromatic carbocycles. The average Bonchev–Trinajstić information content (AvgIpc) is 3.49. The predicted molar refractivity (Wildman–Crippen MR) is 117 cm³/mol. The van der Waals surface area contributed by atoms with E-state index in [0.717, 1.165) is 17.8 Å². The van der Waals surface area contributed by atoms with Gasteiger partial charge in [0.05, 0.1) is 9.77 Å². The molecule has 3 aromatic rings. The van der Waals surface area contributed by atoms with Crippen molar-refractivity contribution in [3.05, 3.63) is 47.7 Å². The van der Waals surface area contributed by atoms with E-state index in [-0.39, 0.29) is 23.6 Å². The number of nitrogens with zero attached hydrogens (tertiary/aromatic N) is 4. The summed E-state index contributed by atoms with van der Waals surface area (Å²) in [5, 5.41) is 8.55. The highest BCUT2D eigenvalue weighted by Gasteiger charge is 2.20. The molecule has 1 N–H and O–H groups in total. The molecule has 0 saturated carbocycles. The van der Waals surface area contributed by atoms with Gasteiger partial charge in [0.25, 0.3) is 10.0 Å². The Morgan fingerprint density at radius 1 is 1.32 bits per heavy atom. The first kappa shape index (κ1) is 21.2. The summed E-state index contributed by atoms with van der Waals surface area (Å²) in [6.07, 6.45) is 1.92. The van der Waals surface area contributed by atoms with Crippen LogP contribution in [-0.4, -0.2) is 48.8 Å². The van der Waals surface area contributed by atoms with Crippen molar-refractivity contribution in [3.63, 3.8) is 0 Å². The zero-order valence-electron chi connectivity index (χ0n) is 16.8. The lowest BCUT2D eigenvalue weighted by Crippen LogP contribution is -2.20. The zero-order chi connectivity index (χ0) is 21.8. The minimum absolute atomic E-state index is 0.0376. The van der Waals surface area contributed by atoms with Gasteiger partial charge in [-0.2, -0.15) is 13.4 Å². The van der Waals surface area contributed by atoms with Crippen molar-refractivity contribution in [3.8, 4) is 10.7 Å². The fraction of sp³-hybridized carbons (Fsp3) is 0.300. The second kappa shape index (κ2) is 8.98. The van der Waals surface area contributed by atoms with E-state index in [9.17, 15) is 13.2 Å². The van der Waals surface area contributed by atoms with Crippen molar-refractivity contribution in [2.45, 2.75) is 30.6 Å². The monoisotopic (exact) mass is 459 g/mol. The van der Waals surface area contributed by atoms with Crippen LogP contribution in [0.3, 0.4) is 0 Å². The summed E-state index contributed by atoms with van der Waals surface area (Å²) in [6.45, 7) is 0.791. The second-order valence-electron chi connectivity index (χ2n) is 7.07. The van der Waals surface area contributed by atoms with Crippen LogP contribution in [0.2, 0.25) is 0 Å². The Balaban J connectivity index is 1.38. The third kappa shape index (κ3) is 5.17. The molecule has 4 rings (SSSR count). The minimum atomic E-state index is -3.85. The zero-order valence-corrected chi connectivity index (χ0v) is 18.4. The molecule has 1 saturated heterocycles. The van der Waals surface area contributed by atoms with Gasteiger partial charge in [0.2, 0.25) is 17.6 Å².